The summed E-state index contributed by atoms with van der Waals surface area (Å²) in [5.74, 6) is 2.95. The molecule has 2 aromatic heterocycles. The Labute approximate surface area is 87.4 Å². The second-order valence-corrected chi connectivity index (χ2v) is 3.39. The first-order valence-electron chi connectivity index (χ1n) is 4.75. The summed E-state index contributed by atoms with van der Waals surface area (Å²) in [4.78, 5) is 4.19. The Morgan fingerprint density at radius 1 is 1.33 bits per heavy atom. The molecular formula is C10H13N3O2. The summed E-state index contributed by atoms with van der Waals surface area (Å²) in [7, 11) is 0. The van der Waals surface area contributed by atoms with Crippen molar-refractivity contribution in [2.45, 2.75) is 27.0 Å². The van der Waals surface area contributed by atoms with Gasteiger partial charge >= 0.3 is 0 Å². The maximum absolute atomic E-state index is 8.85. The van der Waals surface area contributed by atoms with Gasteiger partial charge in [0, 0.05) is 0 Å². The number of furan rings is 1. The van der Waals surface area contributed by atoms with E-state index in [4.69, 9.17) is 9.52 Å². The van der Waals surface area contributed by atoms with Crippen molar-refractivity contribution in [3.8, 4) is 0 Å². The molecule has 5 nitrogen and oxygen atoms in total. The second-order valence-electron chi connectivity index (χ2n) is 3.39. The van der Waals surface area contributed by atoms with E-state index >= 15 is 0 Å². The minimum Gasteiger partial charge on any atom is -0.462 e. The van der Waals surface area contributed by atoms with Gasteiger partial charge in [-0.1, -0.05) is 0 Å². The third kappa shape index (κ3) is 2.07. The Balaban J connectivity index is 2.17. The molecule has 0 saturated heterocycles. The first kappa shape index (κ1) is 9.92. The third-order valence-corrected chi connectivity index (χ3v) is 2.14. The monoisotopic (exact) mass is 207 g/mol. The Morgan fingerprint density at radius 3 is 2.60 bits per heavy atom. The number of aryl methyl sites for hydroxylation is 2. The average molecular weight is 207 g/mol. The van der Waals surface area contributed by atoms with Crippen LogP contribution in [0.25, 0.3) is 0 Å². The van der Waals surface area contributed by atoms with Gasteiger partial charge in [0.25, 0.3) is 0 Å². The van der Waals surface area contributed by atoms with E-state index < -0.39 is 0 Å². The smallest absolute Gasteiger partial charge is 0.147 e. The number of nitrogens with zero attached hydrogens (tertiary/aromatic N) is 3. The predicted octanol–water partition coefficient (Wildman–Crippen LogP) is 1.03. The SMILES string of the molecule is Cc1nc(C)n(Cc2ccc(CO)o2)n1. The quantitative estimate of drug-likeness (QED) is 0.816. The van der Waals surface area contributed by atoms with E-state index in [-0.39, 0.29) is 6.61 Å². The second kappa shape index (κ2) is 3.86. The predicted molar refractivity (Wildman–Crippen MR) is 53.2 cm³/mol. The number of hydrogen-bond donors (Lipinski definition) is 1. The van der Waals surface area contributed by atoms with Crippen LogP contribution in [0.5, 0.6) is 0 Å². The van der Waals surface area contributed by atoms with Crippen molar-refractivity contribution >= 4 is 0 Å². The summed E-state index contributed by atoms with van der Waals surface area (Å²) in [6.45, 7) is 4.22. The van der Waals surface area contributed by atoms with E-state index in [0.29, 0.717) is 12.3 Å². The highest BCUT2D eigenvalue weighted by Gasteiger charge is 2.06. The van der Waals surface area contributed by atoms with Crippen LogP contribution in [0.2, 0.25) is 0 Å². The molecule has 0 radical (unpaired) electrons. The molecule has 15 heavy (non-hydrogen) atoms. The van der Waals surface area contributed by atoms with Crippen molar-refractivity contribution in [3.05, 3.63) is 35.3 Å². The van der Waals surface area contributed by atoms with Gasteiger partial charge in [0.05, 0.1) is 0 Å². The minimum atomic E-state index is -0.0740. The highest BCUT2D eigenvalue weighted by molar-refractivity contribution is 5.07. The number of rotatable bonds is 3. The van der Waals surface area contributed by atoms with Crippen molar-refractivity contribution < 1.29 is 9.52 Å². The van der Waals surface area contributed by atoms with Gasteiger partial charge in [0.2, 0.25) is 0 Å². The van der Waals surface area contributed by atoms with Gasteiger partial charge in [-0.05, 0) is 26.0 Å². The molecule has 2 heterocycles. The Bertz CT molecular complexity index is 459. The molecule has 0 saturated carbocycles. The molecular weight excluding hydrogens is 194 g/mol. The van der Waals surface area contributed by atoms with Gasteiger partial charge in [-0.2, -0.15) is 5.10 Å². The molecule has 1 N–H and O–H groups in total. The number of hydrogen-bond acceptors (Lipinski definition) is 4. The van der Waals surface area contributed by atoms with Crippen LogP contribution < -0.4 is 0 Å². The van der Waals surface area contributed by atoms with Gasteiger partial charge in [0.1, 0.15) is 36.3 Å². The largest absolute Gasteiger partial charge is 0.462 e. The first-order chi connectivity index (χ1) is 7.19. The molecule has 5 heteroatoms. The molecule has 0 aliphatic carbocycles. The molecule has 0 aromatic carbocycles. The normalized spacial score (nSPS) is 10.9. The average Bonchev–Trinajstić information content (AvgIpc) is 2.75. The number of aromatic nitrogens is 3. The molecule has 0 bridgehead atoms. The van der Waals surface area contributed by atoms with Crippen molar-refractivity contribution in [1.82, 2.24) is 14.8 Å². The molecule has 2 rings (SSSR count). The standard InChI is InChI=1S/C10H13N3O2/c1-7-11-8(2)13(12-7)5-9-3-4-10(6-14)15-9/h3-4,14H,5-6H2,1-2H3. The van der Waals surface area contributed by atoms with Crippen LogP contribution in [0.3, 0.4) is 0 Å². The third-order valence-electron chi connectivity index (χ3n) is 2.14. The fourth-order valence-electron chi connectivity index (χ4n) is 1.45. The number of aliphatic hydroxyl groups is 1. The molecule has 80 valence electrons. The molecule has 0 aliphatic heterocycles. The lowest BCUT2D eigenvalue weighted by Crippen LogP contribution is -2.03. The van der Waals surface area contributed by atoms with Crippen molar-refractivity contribution in [3.63, 3.8) is 0 Å². The lowest BCUT2D eigenvalue weighted by atomic mass is 10.4. The Morgan fingerprint density at radius 2 is 2.07 bits per heavy atom. The molecule has 2 aromatic rings. The lowest BCUT2D eigenvalue weighted by Gasteiger charge is -1.99. The Kier molecular flexibility index (Phi) is 2.55. The zero-order valence-electron chi connectivity index (χ0n) is 8.77. The minimum absolute atomic E-state index is 0.0740. The molecule has 0 amide bonds. The van der Waals surface area contributed by atoms with Gasteiger partial charge < -0.3 is 9.52 Å². The van der Waals surface area contributed by atoms with Crippen LogP contribution >= 0.6 is 0 Å². The summed E-state index contributed by atoms with van der Waals surface area (Å²) < 4.78 is 7.14. The first-order valence-corrected chi connectivity index (χ1v) is 4.75. The van der Waals surface area contributed by atoms with E-state index in [9.17, 15) is 0 Å². The van der Waals surface area contributed by atoms with E-state index in [1.807, 2.05) is 19.9 Å². The molecule has 0 spiro atoms. The topological polar surface area (TPSA) is 64.1 Å². The van der Waals surface area contributed by atoms with Crippen LogP contribution in [-0.4, -0.2) is 19.9 Å². The summed E-state index contributed by atoms with van der Waals surface area (Å²) in [6.07, 6.45) is 0. The fourth-order valence-corrected chi connectivity index (χ4v) is 1.45. The lowest BCUT2D eigenvalue weighted by molar-refractivity contribution is 0.242. The van der Waals surface area contributed by atoms with Gasteiger partial charge in [-0.25, -0.2) is 9.67 Å². The highest BCUT2D eigenvalue weighted by Crippen LogP contribution is 2.10. The maximum Gasteiger partial charge on any atom is 0.147 e. The van der Waals surface area contributed by atoms with E-state index in [2.05, 4.69) is 10.1 Å². The van der Waals surface area contributed by atoms with Crippen molar-refractivity contribution in [1.29, 1.82) is 0 Å². The van der Waals surface area contributed by atoms with Crippen LogP contribution in [0, 0.1) is 13.8 Å². The molecule has 0 aliphatic rings. The van der Waals surface area contributed by atoms with Crippen LogP contribution in [0.4, 0.5) is 0 Å². The highest BCUT2D eigenvalue weighted by atomic mass is 16.4. The van der Waals surface area contributed by atoms with Crippen molar-refractivity contribution in [2.24, 2.45) is 0 Å². The fraction of sp³-hybridized carbons (Fsp3) is 0.400. The summed E-state index contributed by atoms with van der Waals surface area (Å²) in [6, 6.07) is 3.59. The number of aliphatic hydroxyl groups excluding tert-OH is 1. The van der Waals surface area contributed by atoms with Gasteiger partial charge in [-0.15, -0.1) is 0 Å². The van der Waals surface area contributed by atoms with Gasteiger partial charge in [0.15, 0.2) is 0 Å². The zero-order chi connectivity index (χ0) is 10.8. The zero-order valence-corrected chi connectivity index (χ0v) is 8.77. The van der Waals surface area contributed by atoms with E-state index in [0.717, 1.165) is 17.4 Å². The van der Waals surface area contributed by atoms with Crippen LogP contribution in [0.15, 0.2) is 16.5 Å². The van der Waals surface area contributed by atoms with Crippen molar-refractivity contribution in [2.75, 3.05) is 0 Å². The maximum atomic E-state index is 8.85. The van der Waals surface area contributed by atoms with Crippen LogP contribution in [-0.2, 0) is 13.2 Å². The summed E-state index contributed by atoms with van der Waals surface area (Å²) in [5, 5.41) is 13.1. The molecule has 0 unspecified atom stereocenters. The Hall–Kier alpha value is -1.62. The van der Waals surface area contributed by atoms with Gasteiger partial charge in [-0.3, -0.25) is 0 Å². The molecule has 0 fully saturated rings. The van der Waals surface area contributed by atoms with Crippen LogP contribution in [0.1, 0.15) is 23.2 Å². The summed E-state index contributed by atoms with van der Waals surface area (Å²) in [5.41, 5.74) is 0. The molecule has 0 atom stereocenters. The van der Waals surface area contributed by atoms with E-state index in [1.165, 1.54) is 0 Å². The van der Waals surface area contributed by atoms with E-state index in [1.54, 1.807) is 10.7 Å². The summed E-state index contributed by atoms with van der Waals surface area (Å²) >= 11 is 0.